The average molecular weight is 370 g/mol. The second kappa shape index (κ2) is 8.21. The molecule has 0 N–H and O–H groups in total. The van der Waals surface area contributed by atoms with E-state index in [1.54, 1.807) is 0 Å². The number of fused-ring (bicyclic) bond motifs is 1. The highest BCUT2D eigenvalue weighted by atomic mass is 16.2. The van der Waals surface area contributed by atoms with Gasteiger partial charge in [-0.25, -0.2) is 4.68 Å². The molecule has 27 heavy (non-hydrogen) atoms. The van der Waals surface area contributed by atoms with Crippen molar-refractivity contribution >= 4 is 16.7 Å². The van der Waals surface area contributed by atoms with E-state index in [4.69, 9.17) is 0 Å². The van der Waals surface area contributed by atoms with Crippen LogP contribution in [0.25, 0.3) is 10.8 Å². The highest BCUT2D eigenvalue weighted by Crippen LogP contribution is 2.26. The zero-order chi connectivity index (χ0) is 19.6. The third-order valence-corrected chi connectivity index (χ3v) is 5.73. The van der Waals surface area contributed by atoms with Gasteiger partial charge in [0.05, 0.1) is 17.0 Å². The number of benzene rings is 1. The van der Waals surface area contributed by atoms with Gasteiger partial charge in [0.1, 0.15) is 0 Å². The number of rotatable bonds is 5. The molecule has 6 nitrogen and oxygen atoms in total. The maximum Gasteiger partial charge on any atom is 0.274 e. The van der Waals surface area contributed by atoms with Crippen molar-refractivity contribution in [1.82, 2.24) is 19.6 Å². The normalized spacial score (nSPS) is 17.2. The van der Waals surface area contributed by atoms with Crippen LogP contribution in [0.1, 0.15) is 45.2 Å². The van der Waals surface area contributed by atoms with Crippen LogP contribution in [0.2, 0.25) is 0 Å². The number of hydrogen-bond donors (Lipinski definition) is 0. The van der Waals surface area contributed by atoms with Gasteiger partial charge in [0.15, 0.2) is 0 Å². The second-order valence-electron chi connectivity index (χ2n) is 7.43. The van der Waals surface area contributed by atoms with Crippen LogP contribution < -0.4 is 5.56 Å². The van der Waals surface area contributed by atoms with Crippen molar-refractivity contribution in [2.75, 3.05) is 26.7 Å². The summed E-state index contributed by atoms with van der Waals surface area (Å²) in [6, 6.07) is 7.76. The molecule has 1 fully saturated rings. The smallest absolute Gasteiger partial charge is 0.274 e. The van der Waals surface area contributed by atoms with E-state index in [-0.39, 0.29) is 23.4 Å². The number of aromatic nitrogens is 2. The number of likely N-dealkylation sites (tertiary alicyclic amines) is 1. The molecule has 146 valence electrons. The quantitative estimate of drug-likeness (QED) is 0.811. The van der Waals surface area contributed by atoms with E-state index in [9.17, 15) is 9.59 Å². The van der Waals surface area contributed by atoms with Gasteiger partial charge in [-0.2, -0.15) is 5.10 Å². The summed E-state index contributed by atoms with van der Waals surface area (Å²) in [5.74, 6) is -0.279. The van der Waals surface area contributed by atoms with E-state index in [1.165, 1.54) is 4.68 Å². The van der Waals surface area contributed by atoms with E-state index in [1.807, 2.05) is 49.9 Å². The fourth-order valence-electron chi connectivity index (χ4n) is 4.06. The van der Waals surface area contributed by atoms with Gasteiger partial charge in [-0.1, -0.05) is 18.2 Å². The minimum Gasteiger partial charge on any atom is -0.339 e. The average Bonchev–Trinajstić information content (AvgIpc) is 2.70. The van der Waals surface area contributed by atoms with Crippen molar-refractivity contribution in [3.05, 3.63) is 40.3 Å². The summed E-state index contributed by atoms with van der Waals surface area (Å²) < 4.78 is 1.47. The maximum atomic E-state index is 13.4. The minimum atomic E-state index is -0.382. The van der Waals surface area contributed by atoms with Crippen molar-refractivity contribution in [2.24, 2.45) is 0 Å². The summed E-state index contributed by atoms with van der Waals surface area (Å²) in [4.78, 5) is 30.3. The lowest BCUT2D eigenvalue weighted by molar-refractivity contribution is -0.135. The molecule has 0 unspecified atom stereocenters. The molecule has 2 aromatic rings. The van der Waals surface area contributed by atoms with Crippen molar-refractivity contribution in [3.63, 3.8) is 0 Å². The fourth-order valence-corrected chi connectivity index (χ4v) is 4.06. The van der Waals surface area contributed by atoms with Gasteiger partial charge in [-0.3, -0.25) is 9.59 Å². The van der Waals surface area contributed by atoms with Crippen LogP contribution in [0.4, 0.5) is 0 Å². The summed E-state index contributed by atoms with van der Waals surface area (Å²) in [5.41, 5.74) is 0.600. The van der Waals surface area contributed by atoms with Gasteiger partial charge in [0.25, 0.3) is 5.56 Å². The third kappa shape index (κ3) is 3.76. The fraction of sp³-hybridized carbons (Fsp3) is 0.571. The van der Waals surface area contributed by atoms with Crippen molar-refractivity contribution in [3.8, 4) is 0 Å². The largest absolute Gasteiger partial charge is 0.339 e. The minimum absolute atomic E-state index is 0.0980. The summed E-state index contributed by atoms with van der Waals surface area (Å²) in [5, 5.41) is 5.98. The Morgan fingerprint density at radius 2 is 1.85 bits per heavy atom. The molecule has 1 aromatic heterocycles. The number of carbonyl (C=O) groups is 1. The Kier molecular flexibility index (Phi) is 5.95. The zero-order valence-corrected chi connectivity index (χ0v) is 16.8. The Morgan fingerprint density at radius 3 is 2.44 bits per heavy atom. The van der Waals surface area contributed by atoms with Crippen molar-refractivity contribution in [2.45, 2.75) is 52.1 Å². The lowest BCUT2D eigenvalue weighted by atomic mass is 9.97. The molecule has 0 aliphatic carbocycles. The Hall–Kier alpha value is -2.21. The predicted molar refractivity (Wildman–Crippen MR) is 108 cm³/mol. The molecule has 1 saturated heterocycles. The van der Waals surface area contributed by atoms with E-state index in [0.29, 0.717) is 24.2 Å². The van der Waals surface area contributed by atoms with E-state index in [0.717, 1.165) is 31.3 Å². The molecule has 0 saturated carbocycles. The summed E-state index contributed by atoms with van der Waals surface area (Å²) >= 11 is 0. The van der Waals surface area contributed by atoms with Crippen LogP contribution in [0.3, 0.4) is 0 Å². The van der Waals surface area contributed by atoms with Gasteiger partial charge >= 0.3 is 0 Å². The molecular formula is C21H30N4O2. The Morgan fingerprint density at radius 1 is 1.22 bits per heavy atom. The van der Waals surface area contributed by atoms with Gasteiger partial charge in [-0.15, -0.1) is 0 Å². The predicted octanol–water partition coefficient (Wildman–Crippen LogP) is 2.46. The molecule has 1 aromatic carbocycles. The number of piperidine rings is 1. The molecule has 0 spiro atoms. The maximum absolute atomic E-state index is 13.4. The Bertz CT molecular complexity index is 868. The standard InChI is InChI=1S/C21H30N4O2/c1-5-24(16-11-13-23(4)14-12-16)20(26)15(3)19-17-9-7-8-10-18(17)21(27)25(6-2)22-19/h7-10,15-16H,5-6,11-14H2,1-4H3/t15-/m0/s1. The molecule has 0 bridgehead atoms. The zero-order valence-electron chi connectivity index (χ0n) is 16.8. The number of hydrogen-bond acceptors (Lipinski definition) is 4. The molecule has 6 heteroatoms. The highest BCUT2D eigenvalue weighted by molar-refractivity contribution is 5.91. The van der Waals surface area contributed by atoms with Crippen LogP contribution >= 0.6 is 0 Å². The van der Waals surface area contributed by atoms with Gasteiger partial charge in [-0.05, 0) is 59.8 Å². The van der Waals surface area contributed by atoms with Gasteiger partial charge in [0.2, 0.25) is 5.91 Å². The number of likely N-dealkylation sites (N-methyl/N-ethyl adjacent to an activating group) is 1. The third-order valence-electron chi connectivity index (χ3n) is 5.73. The van der Waals surface area contributed by atoms with Crippen LogP contribution in [-0.2, 0) is 11.3 Å². The monoisotopic (exact) mass is 370 g/mol. The molecule has 1 amide bonds. The van der Waals surface area contributed by atoms with Gasteiger partial charge < -0.3 is 9.80 Å². The Balaban J connectivity index is 1.97. The first kappa shape index (κ1) is 19.5. The number of nitrogens with zero attached hydrogens (tertiary/aromatic N) is 4. The number of carbonyl (C=O) groups excluding carboxylic acids is 1. The first-order valence-corrected chi connectivity index (χ1v) is 9.96. The number of amides is 1. The van der Waals surface area contributed by atoms with Crippen LogP contribution in [0.5, 0.6) is 0 Å². The summed E-state index contributed by atoms with van der Waals surface area (Å²) in [6.45, 7) is 9.08. The lowest BCUT2D eigenvalue weighted by Gasteiger charge is -2.38. The first-order valence-electron chi connectivity index (χ1n) is 9.96. The number of aryl methyl sites for hydroxylation is 1. The second-order valence-corrected chi connectivity index (χ2v) is 7.43. The van der Waals surface area contributed by atoms with Crippen LogP contribution in [-0.4, -0.2) is 58.2 Å². The van der Waals surface area contributed by atoms with E-state index in [2.05, 4.69) is 17.0 Å². The van der Waals surface area contributed by atoms with Crippen LogP contribution in [0.15, 0.2) is 29.1 Å². The van der Waals surface area contributed by atoms with E-state index < -0.39 is 0 Å². The van der Waals surface area contributed by atoms with E-state index >= 15 is 0 Å². The summed E-state index contributed by atoms with van der Waals surface area (Å²) in [7, 11) is 2.13. The van der Waals surface area contributed by atoms with Crippen molar-refractivity contribution < 1.29 is 4.79 Å². The molecule has 3 rings (SSSR count). The molecule has 2 heterocycles. The molecular weight excluding hydrogens is 340 g/mol. The van der Waals surface area contributed by atoms with Gasteiger partial charge in [0, 0.05) is 24.5 Å². The molecule has 1 atom stereocenters. The van der Waals surface area contributed by atoms with Crippen LogP contribution in [0, 0.1) is 0 Å². The highest BCUT2D eigenvalue weighted by Gasteiger charge is 2.31. The topological polar surface area (TPSA) is 58.4 Å². The SMILES string of the molecule is CCN(C(=O)[C@@H](C)c1nn(CC)c(=O)c2ccccc12)C1CCN(C)CC1. The molecule has 1 aliphatic rings. The summed E-state index contributed by atoms with van der Waals surface area (Å²) in [6.07, 6.45) is 2.01. The molecule has 1 aliphatic heterocycles. The lowest BCUT2D eigenvalue weighted by Crippen LogP contribution is -2.47. The Labute approximate surface area is 160 Å². The first-order chi connectivity index (χ1) is 13.0. The molecule has 0 radical (unpaired) electrons. The van der Waals surface area contributed by atoms with Crippen molar-refractivity contribution in [1.29, 1.82) is 0 Å².